The third-order valence-corrected chi connectivity index (χ3v) is 7.91. The van der Waals surface area contributed by atoms with Crippen LogP contribution in [0.3, 0.4) is 0 Å². The zero-order valence-electron chi connectivity index (χ0n) is 19.5. The minimum Gasteiger partial charge on any atom is -0.295 e. The van der Waals surface area contributed by atoms with E-state index in [2.05, 4.69) is 120 Å². The maximum absolute atomic E-state index is 4.98. The van der Waals surface area contributed by atoms with Crippen molar-refractivity contribution in [3.63, 3.8) is 0 Å². The summed E-state index contributed by atoms with van der Waals surface area (Å²) < 4.78 is 2.56. The summed E-state index contributed by atoms with van der Waals surface area (Å²) in [5, 5.41) is 5.05. The lowest BCUT2D eigenvalue weighted by molar-refractivity contribution is 1.19. The van der Waals surface area contributed by atoms with Crippen LogP contribution in [0.1, 0.15) is 0 Å². The Balaban J connectivity index is 1.38. The van der Waals surface area contributed by atoms with Gasteiger partial charge in [-0.05, 0) is 52.2 Å². The van der Waals surface area contributed by atoms with Gasteiger partial charge >= 0.3 is 0 Å². The Hall–Kier alpha value is -4.47. The van der Waals surface area contributed by atoms with Crippen molar-refractivity contribution in [2.45, 2.75) is 0 Å². The van der Waals surface area contributed by atoms with Crippen LogP contribution in [0.2, 0.25) is 0 Å². The molecule has 0 amide bonds. The van der Waals surface area contributed by atoms with Gasteiger partial charge in [-0.2, -0.15) is 0 Å². The van der Waals surface area contributed by atoms with Gasteiger partial charge in [0.25, 0.3) is 0 Å². The van der Waals surface area contributed by atoms with Crippen LogP contribution in [0.15, 0.2) is 134 Å². The summed E-state index contributed by atoms with van der Waals surface area (Å²) in [6.45, 7) is 0. The van der Waals surface area contributed by atoms with E-state index >= 15 is 0 Å². The number of benzene rings is 5. The van der Waals surface area contributed by atoms with Crippen LogP contribution >= 0.6 is 11.3 Å². The van der Waals surface area contributed by atoms with Gasteiger partial charge in [0.15, 0.2) is 0 Å². The predicted molar refractivity (Wildman–Crippen MR) is 155 cm³/mol. The van der Waals surface area contributed by atoms with Crippen LogP contribution in [0.25, 0.3) is 42.1 Å². The van der Waals surface area contributed by atoms with E-state index in [9.17, 15) is 0 Å². The summed E-state index contributed by atoms with van der Waals surface area (Å²) in [6.07, 6.45) is 2.03. The molecule has 0 aliphatic carbocycles. The molecule has 170 valence electrons. The lowest BCUT2D eigenvalue weighted by Gasteiger charge is -2.24. The quantitative estimate of drug-likeness (QED) is 0.250. The first-order chi connectivity index (χ1) is 17.8. The Morgan fingerprint density at radius 1 is 0.528 bits per heavy atom. The van der Waals surface area contributed by atoms with Crippen LogP contribution in [-0.2, 0) is 0 Å². The molecule has 2 nitrogen and oxygen atoms in total. The minimum absolute atomic E-state index is 0.914. The fourth-order valence-electron chi connectivity index (χ4n) is 4.93. The molecule has 36 heavy (non-hydrogen) atoms. The number of anilines is 3. The van der Waals surface area contributed by atoms with E-state index in [-0.39, 0.29) is 0 Å². The maximum atomic E-state index is 4.98. The molecule has 3 heteroatoms. The Morgan fingerprint density at radius 2 is 1.19 bits per heavy atom. The number of rotatable bonds is 4. The van der Waals surface area contributed by atoms with E-state index in [1.165, 1.54) is 42.1 Å². The van der Waals surface area contributed by atoms with E-state index in [0.717, 1.165) is 17.2 Å². The average Bonchev–Trinajstić information content (AvgIpc) is 3.33. The molecule has 7 aromatic rings. The van der Waals surface area contributed by atoms with Gasteiger partial charge in [0.05, 0.1) is 0 Å². The van der Waals surface area contributed by atoms with Crippen molar-refractivity contribution in [2.75, 3.05) is 4.90 Å². The van der Waals surface area contributed by atoms with Gasteiger partial charge in [-0.1, -0.05) is 97.1 Å². The van der Waals surface area contributed by atoms with Gasteiger partial charge in [0.2, 0.25) is 0 Å². The topological polar surface area (TPSA) is 16.1 Å². The van der Waals surface area contributed by atoms with Crippen LogP contribution < -0.4 is 4.90 Å². The normalized spacial score (nSPS) is 11.3. The Kier molecular flexibility index (Phi) is 5.00. The lowest BCUT2D eigenvalue weighted by atomic mass is 10.1. The monoisotopic (exact) mass is 478 g/mol. The largest absolute Gasteiger partial charge is 0.295 e. The highest BCUT2D eigenvalue weighted by atomic mass is 32.1. The molecular formula is C33H22N2S. The fraction of sp³-hybridized carbons (Fsp3) is 0. The highest BCUT2D eigenvalue weighted by molar-refractivity contribution is 7.26. The van der Waals surface area contributed by atoms with Crippen LogP contribution in [0.5, 0.6) is 0 Å². The summed E-state index contributed by atoms with van der Waals surface area (Å²) in [7, 11) is 0. The van der Waals surface area contributed by atoms with Gasteiger partial charge in [-0.3, -0.25) is 4.90 Å². The molecule has 0 atom stereocenters. The second-order valence-corrected chi connectivity index (χ2v) is 9.94. The molecule has 0 N–H and O–H groups in total. The second kappa shape index (κ2) is 8.63. The molecular weight excluding hydrogens is 456 g/mol. The van der Waals surface area contributed by atoms with E-state index in [0.29, 0.717) is 0 Å². The fourth-order valence-corrected chi connectivity index (χ4v) is 6.18. The van der Waals surface area contributed by atoms with Crippen molar-refractivity contribution >= 4 is 59.5 Å². The first kappa shape index (κ1) is 20.9. The first-order valence-electron chi connectivity index (χ1n) is 12.1. The lowest BCUT2D eigenvalue weighted by Crippen LogP contribution is -2.11. The summed E-state index contributed by atoms with van der Waals surface area (Å²) in [6, 6.07) is 45.0. The summed E-state index contributed by atoms with van der Waals surface area (Å²) in [4.78, 5) is 7.21. The smallest absolute Gasteiger partial charge is 0.138 e. The van der Waals surface area contributed by atoms with Gasteiger partial charge in [0.1, 0.15) is 5.82 Å². The predicted octanol–water partition coefficient (Wildman–Crippen LogP) is 9.74. The molecule has 0 radical (unpaired) electrons. The molecule has 0 spiro atoms. The van der Waals surface area contributed by atoms with Crippen LogP contribution in [0, 0.1) is 0 Å². The van der Waals surface area contributed by atoms with E-state index in [4.69, 9.17) is 4.98 Å². The van der Waals surface area contributed by atoms with E-state index in [1.54, 1.807) is 0 Å². The molecule has 2 aromatic heterocycles. The van der Waals surface area contributed by atoms with Crippen molar-refractivity contribution in [3.05, 3.63) is 134 Å². The third kappa shape index (κ3) is 3.53. The van der Waals surface area contributed by atoms with Crippen molar-refractivity contribution in [2.24, 2.45) is 0 Å². The standard InChI is InChI=1S/C33H22N2S/c1-3-9-23(10-4-1)24-15-18-27(19-16-24)35(26-12-5-2-6-13-26)32-21-31-30(22-34-32)29-20-17-25-11-7-8-14-28(25)33(29)36-31/h1-22H. The van der Waals surface area contributed by atoms with E-state index < -0.39 is 0 Å². The van der Waals surface area contributed by atoms with Crippen molar-refractivity contribution < 1.29 is 0 Å². The van der Waals surface area contributed by atoms with Crippen molar-refractivity contribution in [1.82, 2.24) is 4.98 Å². The molecule has 0 unspecified atom stereocenters. The van der Waals surface area contributed by atoms with E-state index in [1.807, 2.05) is 29.7 Å². The zero-order chi connectivity index (χ0) is 23.9. The SMILES string of the molecule is c1ccc(-c2ccc(N(c3ccccc3)c3cc4sc5c6ccccc6ccc5c4cn3)cc2)cc1. The van der Waals surface area contributed by atoms with Gasteiger partial charge in [-0.15, -0.1) is 11.3 Å². The molecule has 0 bridgehead atoms. The summed E-state index contributed by atoms with van der Waals surface area (Å²) in [5.74, 6) is 0.914. The molecule has 7 rings (SSSR count). The number of para-hydroxylation sites is 1. The number of nitrogens with zero attached hydrogens (tertiary/aromatic N) is 2. The maximum Gasteiger partial charge on any atom is 0.138 e. The Bertz CT molecular complexity index is 1820. The number of hydrogen-bond acceptors (Lipinski definition) is 3. The van der Waals surface area contributed by atoms with Crippen LogP contribution in [0.4, 0.5) is 17.2 Å². The molecule has 0 fully saturated rings. The van der Waals surface area contributed by atoms with Gasteiger partial charge in [-0.25, -0.2) is 4.98 Å². The number of hydrogen-bond donors (Lipinski definition) is 0. The van der Waals surface area contributed by atoms with Gasteiger partial charge < -0.3 is 0 Å². The molecule has 0 saturated heterocycles. The van der Waals surface area contributed by atoms with Crippen molar-refractivity contribution in [3.8, 4) is 11.1 Å². The number of pyridine rings is 1. The average molecular weight is 479 g/mol. The highest BCUT2D eigenvalue weighted by Crippen LogP contribution is 2.41. The second-order valence-electron chi connectivity index (χ2n) is 8.89. The molecule has 0 aliphatic rings. The van der Waals surface area contributed by atoms with Crippen molar-refractivity contribution in [1.29, 1.82) is 0 Å². The minimum atomic E-state index is 0.914. The Labute approximate surface area is 213 Å². The first-order valence-corrected chi connectivity index (χ1v) is 12.9. The summed E-state index contributed by atoms with van der Waals surface area (Å²) in [5.41, 5.74) is 4.59. The van der Waals surface area contributed by atoms with Gasteiger partial charge in [0, 0.05) is 37.7 Å². The highest BCUT2D eigenvalue weighted by Gasteiger charge is 2.16. The van der Waals surface area contributed by atoms with Crippen LogP contribution in [-0.4, -0.2) is 4.98 Å². The molecule has 0 aliphatic heterocycles. The molecule has 5 aromatic carbocycles. The number of thiophene rings is 1. The zero-order valence-corrected chi connectivity index (χ0v) is 20.3. The number of aromatic nitrogens is 1. The molecule has 2 heterocycles. The third-order valence-electron chi connectivity index (χ3n) is 6.71. The summed E-state index contributed by atoms with van der Waals surface area (Å²) >= 11 is 1.85. The molecule has 0 saturated carbocycles. The Morgan fingerprint density at radius 3 is 2.00 bits per heavy atom. The number of fused-ring (bicyclic) bond motifs is 5.